The minimum Gasteiger partial charge on any atom is -0.144 e. The Hall–Kier alpha value is -0.820. The molecule has 0 aliphatic heterocycles. The van der Waals surface area contributed by atoms with Gasteiger partial charge < -0.3 is 0 Å². The summed E-state index contributed by atoms with van der Waals surface area (Å²) in [6, 6.07) is 4.28. The average molecular weight is 176 g/mol. The standard InChI is InChI=1S/C11H12S/c1-8-6-10(7-9(8)2)11-4-3-5-12-11/h3-8H,1-2H3. The molecule has 1 unspecified atom stereocenters. The summed E-state index contributed by atoms with van der Waals surface area (Å²) in [7, 11) is 0. The van der Waals surface area contributed by atoms with E-state index in [2.05, 4.69) is 43.5 Å². The quantitative estimate of drug-likeness (QED) is 0.611. The molecule has 2 rings (SSSR count). The average Bonchev–Trinajstić information content (AvgIpc) is 2.61. The summed E-state index contributed by atoms with van der Waals surface area (Å²) in [6.45, 7) is 4.44. The Kier molecular flexibility index (Phi) is 1.89. The third-order valence-electron chi connectivity index (χ3n) is 2.34. The van der Waals surface area contributed by atoms with Gasteiger partial charge in [0.05, 0.1) is 0 Å². The van der Waals surface area contributed by atoms with Crippen molar-refractivity contribution in [3.05, 3.63) is 40.1 Å². The first-order valence-corrected chi connectivity index (χ1v) is 5.09. The van der Waals surface area contributed by atoms with Crippen molar-refractivity contribution in [2.24, 2.45) is 5.92 Å². The Labute approximate surface area is 77.2 Å². The molecule has 0 saturated heterocycles. The molecule has 0 N–H and O–H groups in total. The van der Waals surface area contributed by atoms with E-state index in [9.17, 15) is 0 Å². The SMILES string of the molecule is CC1=CC(c2cccs2)=CC1C. The Morgan fingerprint density at radius 1 is 1.42 bits per heavy atom. The maximum atomic E-state index is 2.33. The zero-order valence-electron chi connectivity index (χ0n) is 7.37. The normalized spacial score (nSPS) is 22.3. The number of thiophene rings is 1. The maximum absolute atomic E-state index is 2.33. The topological polar surface area (TPSA) is 0 Å². The molecule has 1 aliphatic rings. The van der Waals surface area contributed by atoms with Crippen molar-refractivity contribution >= 4 is 16.9 Å². The van der Waals surface area contributed by atoms with Gasteiger partial charge in [-0.1, -0.05) is 30.7 Å². The van der Waals surface area contributed by atoms with E-state index < -0.39 is 0 Å². The summed E-state index contributed by atoms with van der Waals surface area (Å²) in [5, 5.41) is 2.13. The molecule has 12 heavy (non-hydrogen) atoms. The van der Waals surface area contributed by atoms with E-state index >= 15 is 0 Å². The van der Waals surface area contributed by atoms with Gasteiger partial charge in [0.2, 0.25) is 0 Å². The fraction of sp³-hybridized carbons (Fsp3) is 0.273. The van der Waals surface area contributed by atoms with Gasteiger partial charge in [0.25, 0.3) is 0 Å². The lowest BCUT2D eigenvalue weighted by Crippen LogP contribution is -1.83. The third-order valence-corrected chi connectivity index (χ3v) is 3.26. The minimum atomic E-state index is 0.627. The van der Waals surface area contributed by atoms with Crippen LogP contribution in [-0.4, -0.2) is 0 Å². The highest BCUT2D eigenvalue weighted by molar-refractivity contribution is 7.11. The molecule has 0 nitrogen and oxygen atoms in total. The number of allylic oxidation sites excluding steroid dienone is 4. The highest BCUT2D eigenvalue weighted by atomic mass is 32.1. The Morgan fingerprint density at radius 3 is 2.75 bits per heavy atom. The summed E-state index contributed by atoms with van der Waals surface area (Å²) < 4.78 is 0. The largest absolute Gasteiger partial charge is 0.144 e. The van der Waals surface area contributed by atoms with E-state index in [4.69, 9.17) is 0 Å². The van der Waals surface area contributed by atoms with Crippen LogP contribution in [0.4, 0.5) is 0 Å². The molecular formula is C11H12S. The van der Waals surface area contributed by atoms with Crippen LogP contribution >= 0.6 is 11.3 Å². The van der Waals surface area contributed by atoms with Gasteiger partial charge in [0.1, 0.15) is 0 Å². The van der Waals surface area contributed by atoms with Gasteiger partial charge >= 0.3 is 0 Å². The van der Waals surface area contributed by atoms with Crippen molar-refractivity contribution in [2.75, 3.05) is 0 Å². The molecule has 1 heterocycles. The molecule has 0 spiro atoms. The third kappa shape index (κ3) is 1.25. The first-order valence-electron chi connectivity index (χ1n) is 4.21. The van der Waals surface area contributed by atoms with E-state index in [1.807, 2.05) is 11.3 Å². The fourth-order valence-corrected chi connectivity index (χ4v) is 2.15. The molecule has 62 valence electrons. The summed E-state index contributed by atoms with van der Waals surface area (Å²) in [4.78, 5) is 1.39. The highest BCUT2D eigenvalue weighted by Gasteiger charge is 2.11. The molecule has 1 aromatic heterocycles. The molecule has 0 saturated carbocycles. The van der Waals surface area contributed by atoms with E-state index in [0.717, 1.165) is 0 Å². The van der Waals surface area contributed by atoms with Crippen LogP contribution in [0.5, 0.6) is 0 Å². The van der Waals surface area contributed by atoms with Crippen LogP contribution in [0.3, 0.4) is 0 Å². The van der Waals surface area contributed by atoms with Crippen molar-refractivity contribution in [1.29, 1.82) is 0 Å². The van der Waals surface area contributed by atoms with Crippen LogP contribution in [0.25, 0.3) is 5.57 Å². The number of hydrogen-bond acceptors (Lipinski definition) is 1. The maximum Gasteiger partial charge on any atom is 0.0339 e. The van der Waals surface area contributed by atoms with Crippen LogP contribution in [0.1, 0.15) is 18.7 Å². The van der Waals surface area contributed by atoms with Gasteiger partial charge in [-0.3, -0.25) is 0 Å². The van der Waals surface area contributed by atoms with E-state index in [-0.39, 0.29) is 0 Å². The van der Waals surface area contributed by atoms with E-state index in [1.54, 1.807) is 0 Å². The van der Waals surface area contributed by atoms with Crippen molar-refractivity contribution in [3.8, 4) is 0 Å². The Balaban J connectivity index is 2.34. The molecule has 1 aromatic rings. The van der Waals surface area contributed by atoms with Crippen LogP contribution in [0.2, 0.25) is 0 Å². The van der Waals surface area contributed by atoms with Gasteiger partial charge in [-0.2, -0.15) is 0 Å². The van der Waals surface area contributed by atoms with E-state index in [0.29, 0.717) is 5.92 Å². The van der Waals surface area contributed by atoms with Gasteiger partial charge in [-0.05, 0) is 29.9 Å². The molecule has 0 aromatic carbocycles. The second-order valence-corrected chi connectivity index (χ2v) is 4.22. The molecule has 0 radical (unpaired) electrons. The smallest absolute Gasteiger partial charge is 0.0339 e. The van der Waals surface area contributed by atoms with Gasteiger partial charge in [-0.15, -0.1) is 11.3 Å². The second kappa shape index (κ2) is 2.91. The van der Waals surface area contributed by atoms with Crippen LogP contribution in [0.15, 0.2) is 35.2 Å². The fourth-order valence-electron chi connectivity index (χ4n) is 1.42. The summed E-state index contributed by atoms with van der Waals surface area (Å²) in [5.74, 6) is 0.627. The van der Waals surface area contributed by atoms with Crippen molar-refractivity contribution in [2.45, 2.75) is 13.8 Å². The predicted octanol–water partition coefficient (Wildman–Crippen LogP) is 3.73. The molecule has 0 fully saturated rings. The first-order chi connectivity index (χ1) is 5.77. The first kappa shape index (κ1) is 7.81. The number of rotatable bonds is 1. The minimum absolute atomic E-state index is 0.627. The monoisotopic (exact) mass is 176 g/mol. The molecule has 1 aliphatic carbocycles. The predicted molar refractivity (Wildman–Crippen MR) is 55.2 cm³/mol. The summed E-state index contributed by atoms with van der Waals surface area (Å²) in [6.07, 6.45) is 4.62. The molecule has 0 amide bonds. The summed E-state index contributed by atoms with van der Waals surface area (Å²) >= 11 is 1.81. The van der Waals surface area contributed by atoms with Gasteiger partial charge in [0, 0.05) is 4.88 Å². The number of hydrogen-bond donors (Lipinski definition) is 0. The van der Waals surface area contributed by atoms with Crippen LogP contribution in [-0.2, 0) is 0 Å². The summed E-state index contributed by atoms with van der Waals surface area (Å²) in [5.41, 5.74) is 2.87. The lowest BCUT2D eigenvalue weighted by Gasteiger charge is -1.96. The zero-order valence-corrected chi connectivity index (χ0v) is 8.19. The van der Waals surface area contributed by atoms with Crippen LogP contribution < -0.4 is 0 Å². The van der Waals surface area contributed by atoms with Crippen molar-refractivity contribution in [3.63, 3.8) is 0 Å². The molecule has 1 heteroatoms. The van der Waals surface area contributed by atoms with Gasteiger partial charge in [0.15, 0.2) is 0 Å². The lowest BCUT2D eigenvalue weighted by molar-refractivity contribution is 0.883. The molecular weight excluding hydrogens is 164 g/mol. The van der Waals surface area contributed by atoms with Crippen molar-refractivity contribution < 1.29 is 0 Å². The molecule has 1 atom stereocenters. The Bertz CT molecular complexity index is 328. The Morgan fingerprint density at radius 2 is 2.25 bits per heavy atom. The molecule has 0 bridgehead atoms. The van der Waals surface area contributed by atoms with Crippen LogP contribution in [0, 0.1) is 5.92 Å². The van der Waals surface area contributed by atoms with Crippen molar-refractivity contribution in [1.82, 2.24) is 0 Å². The van der Waals surface area contributed by atoms with E-state index in [1.165, 1.54) is 16.0 Å². The lowest BCUT2D eigenvalue weighted by atomic mass is 10.1. The van der Waals surface area contributed by atoms with Gasteiger partial charge in [-0.25, -0.2) is 0 Å². The highest BCUT2D eigenvalue weighted by Crippen LogP contribution is 2.31. The zero-order chi connectivity index (χ0) is 8.55. The second-order valence-electron chi connectivity index (χ2n) is 3.28.